The minimum absolute atomic E-state index is 0.0429. The minimum atomic E-state index is -0.0429. The Labute approximate surface area is 93.8 Å². The van der Waals surface area contributed by atoms with Crippen LogP contribution in [0.4, 0.5) is 5.69 Å². The van der Waals surface area contributed by atoms with E-state index in [0.717, 1.165) is 25.9 Å². The number of hydrogen-bond acceptors (Lipinski definition) is 5. The number of hydrogen-bond donors (Lipinski definition) is 2. The molecule has 1 aliphatic heterocycles. The molecule has 0 saturated carbocycles. The van der Waals surface area contributed by atoms with Gasteiger partial charge in [-0.1, -0.05) is 5.16 Å². The lowest BCUT2D eigenvalue weighted by Crippen LogP contribution is -2.43. The average molecular weight is 224 g/mol. The predicted octanol–water partition coefficient (Wildman–Crippen LogP) is 0.0362. The molecule has 6 nitrogen and oxygen atoms in total. The van der Waals surface area contributed by atoms with Crippen molar-refractivity contribution in [3.8, 4) is 0 Å². The Bertz CT molecular complexity index is 331. The number of carbonyl (C=O) groups is 1. The van der Waals surface area contributed by atoms with Crippen LogP contribution >= 0.6 is 0 Å². The lowest BCUT2D eigenvalue weighted by Gasteiger charge is -2.29. The summed E-state index contributed by atoms with van der Waals surface area (Å²) in [5.41, 5.74) is 6.39. The molecular formula is C10H16N4O2. The second-order valence-electron chi connectivity index (χ2n) is 4.07. The molecule has 0 atom stereocenters. The van der Waals surface area contributed by atoms with Crippen molar-refractivity contribution in [1.82, 2.24) is 10.1 Å². The van der Waals surface area contributed by atoms with Crippen LogP contribution in [0.15, 0.2) is 17.0 Å². The van der Waals surface area contributed by atoms with Crippen LogP contribution in [-0.4, -0.2) is 41.6 Å². The van der Waals surface area contributed by atoms with Gasteiger partial charge in [-0.2, -0.15) is 0 Å². The van der Waals surface area contributed by atoms with Gasteiger partial charge in [0, 0.05) is 19.1 Å². The van der Waals surface area contributed by atoms with Crippen LogP contribution in [0.2, 0.25) is 0 Å². The highest BCUT2D eigenvalue weighted by Gasteiger charge is 2.18. The third-order valence-corrected chi connectivity index (χ3v) is 2.72. The van der Waals surface area contributed by atoms with Gasteiger partial charge in [-0.25, -0.2) is 0 Å². The number of amides is 1. The monoisotopic (exact) mass is 224 g/mol. The summed E-state index contributed by atoms with van der Waals surface area (Å²) in [6, 6.07) is 0.289. The quantitative estimate of drug-likeness (QED) is 0.757. The molecule has 1 aromatic heterocycles. The fourth-order valence-corrected chi connectivity index (χ4v) is 1.78. The van der Waals surface area contributed by atoms with Gasteiger partial charge in [0.15, 0.2) is 0 Å². The van der Waals surface area contributed by atoms with Gasteiger partial charge >= 0.3 is 0 Å². The Morgan fingerprint density at radius 2 is 2.38 bits per heavy atom. The number of nitrogens with one attached hydrogen (secondary N) is 1. The van der Waals surface area contributed by atoms with Gasteiger partial charge in [0.1, 0.15) is 12.0 Å². The van der Waals surface area contributed by atoms with Crippen LogP contribution in [0, 0.1) is 0 Å². The third-order valence-electron chi connectivity index (χ3n) is 2.72. The highest BCUT2D eigenvalue weighted by atomic mass is 16.5. The van der Waals surface area contributed by atoms with Crippen molar-refractivity contribution in [2.75, 3.05) is 25.0 Å². The fraction of sp³-hybridized carbons (Fsp3) is 0.600. The van der Waals surface area contributed by atoms with Gasteiger partial charge in [-0.15, -0.1) is 0 Å². The van der Waals surface area contributed by atoms with E-state index in [9.17, 15) is 4.79 Å². The molecule has 16 heavy (non-hydrogen) atoms. The van der Waals surface area contributed by atoms with Crippen molar-refractivity contribution in [1.29, 1.82) is 0 Å². The molecule has 88 valence electrons. The van der Waals surface area contributed by atoms with Gasteiger partial charge in [-0.05, 0) is 12.8 Å². The Morgan fingerprint density at radius 3 is 3.00 bits per heavy atom. The number of nitrogens with two attached hydrogens (primary N) is 1. The molecule has 1 fully saturated rings. The lowest BCUT2D eigenvalue weighted by molar-refractivity contribution is -0.117. The summed E-state index contributed by atoms with van der Waals surface area (Å²) in [7, 11) is 0. The van der Waals surface area contributed by atoms with Crippen LogP contribution in [-0.2, 0) is 4.79 Å². The predicted molar refractivity (Wildman–Crippen MR) is 58.8 cm³/mol. The number of anilines is 1. The second-order valence-corrected chi connectivity index (χ2v) is 4.07. The van der Waals surface area contributed by atoms with Gasteiger partial charge in [-0.3, -0.25) is 9.69 Å². The summed E-state index contributed by atoms with van der Waals surface area (Å²) in [5.74, 6) is -0.0429. The summed E-state index contributed by atoms with van der Waals surface area (Å²) < 4.78 is 4.62. The fourth-order valence-electron chi connectivity index (χ4n) is 1.78. The SMILES string of the molecule is NC1CCN(CC(=O)Nc2cnoc2)CC1. The molecule has 1 aliphatic rings. The van der Waals surface area contributed by atoms with Crippen LogP contribution < -0.4 is 11.1 Å². The van der Waals surface area contributed by atoms with E-state index >= 15 is 0 Å². The zero-order chi connectivity index (χ0) is 11.4. The Kier molecular flexibility index (Phi) is 3.53. The summed E-state index contributed by atoms with van der Waals surface area (Å²) in [6.45, 7) is 2.17. The van der Waals surface area contributed by atoms with Crippen LogP contribution in [0.5, 0.6) is 0 Å². The molecule has 0 aliphatic carbocycles. The van der Waals surface area contributed by atoms with E-state index in [4.69, 9.17) is 5.73 Å². The van der Waals surface area contributed by atoms with E-state index in [0.29, 0.717) is 12.2 Å². The highest BCUT2D eigenvalue weighted by molar-refractivity contribution is 5.91. The van der Waals surface area contributed by atoms with Gasteiger partial charge in [0.05, 0.1) is 12.7 Å². The second kappa shape index (κ2) is 5.09. The molecular weight excluding hydrogens is 208 g/mol. The third kappa shape index (κ3) is 3.04. The Morgan fingerprint density at radius 1 is 1.62 bits per heavy atom. The van der Waals surface area contributed by atoms with Crippen molar-refractivity contribution < 1.29 is 9.32 Å². The molecule has 2 rings (SSSR count). The van der Waals surface area contributed by atoms with Crippen molar-refractivity contribution >= 4 is 11.6 Å². The topological polar surface area (TPSA) is 84.4 Å². The maximum atomic E-state index is 11.6. The summed E-state index contributed by atoms with van der Waals surface area (Å²) in [5, 5.41) is 6.22. The molecule has 1 aromatic rings. The van der Waals surface area contributed by atoms with E-state index < -0.39 is 0 Å². The van der Waals surface area contributed by atoms with Crippen molar-refractivity contribution in [2.45, 2.75) is 18.9 Å². The number of aromatic nitrogens is 1. The number of likely N-dealkylation sites (tertiary alicyclic amines) is 1. The standard InChI is InChI=1S/C10H16N4O2/c11-8-1-3-14(4-2-8)6-10(15)13-9-5-12-16-7-9/h5,7-8H,1-4,6,11H2,(H,13,15). The number of carbonyl (C=O) groups excluding carboxylic acids is 1. The number of rotatable bonds is 3. The van der Waals surface area contributed by atoms with Crippen LogP contribution in [0.1, 0.15) is 12.8 Å². The molecule has 0 spiro atoms. The zero-order valence-corrected chi connectivity index (χ0v) is 9.06. The normalized spacial score (nSPS) is 18.6. The molecule has 3 N–H and O–H groups in total. The molecule has 1 saturated heterocycles. The van der Waals surface area contributed by atoms with Gasteiger partial charge < -0.3 is 15.6 Å². The molecule has 2 heterocycles. The first-order valence-corrected chi connectivity index (χ1v) is 5.41. The highest BCUT2D eigenvalue weighted by Crippen LogP contribution is 2.08. The summed E-state index contributed by atoms with van der Waals surface area (Å²) in [4.78, 5) is 13.7. The Hall–Kier alpha value is -1.40. The van der Waals surface area contributed by atoms with E-state index in [1.807, 2.05) is 0 Å². The minimum Gasteiger partial charge on any atom is -0.363 e. The van der Waals surface area contributed by atoms with Crippen LogP contribution in [0.3, 0.4) is 0 Å². The molecule has 6 heteroatoms. The first kappa shape index (κ1) is 11.1. The zero-order valence-electron chi connectivity index (χ0n) is 9.06. The van der Waals surface area contributed by atoms with Crippen molar-refractivity contribution in [3.63, 3.8) is 0 Å². The van der Waals surface area contributed by atoms with E-state index in [1.165, 1.54) is 12.5 Å². The maximum absolute atomic E-state index is 11.6. The van der Waals surface area contributed by atoms with Crippen LogP contribution in [0.25, 0.3) is 0 Å². The smallest absolute Gasteiger partial charge is 0.238 e. The molecule has 0 unspecified atom stereocenters. The first-order chi connectivity index (χ1) is 7.74. The molecule has 1 amide bonds. The average Bonchev–Trinajstić information content (AvgIpc) is 2.74. The molecule has 0 radical (unpaired) electrons. The van der Waals surface area contributed by atoms with E-state index in [2.05, 4.69) is 19.9 Å². The Balaban J connectivity index is 1.75. The molecule has 0 bridgehead atoms. The summed E-state index contributed by atoms with van der Waals surface area (Å²) in [6.07, 6.45) is 4.80. The largest absolute Gasteiger partial charge is 0.363 e. The molecule has 0 aromatic carbocycles. The number of piperidine rings is 1. The van der Waals surface area contributed by atoms with E-state index in [1.54, 1.807) is 0 Å². The summed E-state index contributed by atoms with van der Waals surface area (Å²) >= 11 is 0. The lowest BCUT2D eigenvalue weighted by atomic mass is 10.1. The maximum Gasteiger partial charge on any atom is 0.238 e. The van der Waals surface area contributed by atoms with Crippen molar-refractivity contribution in [3.05, 3.63) is 12.5 Å². The van der Waals surface area contributed by atoms with Gasteiger partial charge in [0.2, 0.25) is 5.91 Å². The van der Waals surface area contributed by atoms with Gasteiger partial charge in [0.25, 0.3) is 0 Å². The van der Waals surface area contributed by atoms with Crippen molar-refractivity contribution in [2.24, 2.45) is 5.73 Å². The number of nitrogens with zero attached hydrogens (tertiary/aromatic N) is 2. The first-order valence-electron chi connectivity index (χ1n) is 5.41. The van der Waals surface area contributed by atoms with E-state index in [-0.39, 0.29) is 11.9 Å².